The summed E-state index contributed by atoms with van der Waals surface area (Å²) in [6.45, 7) is 9.26. The zero-order valence-corrected chi connectivity index (χ0v) is 19.7. The summed E-state index contributed by atoms with van der Waals surface area (Å²) in [5.41, 5.74) is -2.91. The van der Waals surface area contributed by atoms with E-state index in [4.69, 9.17) is 19.0 Å². The molecular formula is C23H29NO9. The van der Waals surface area contributed by atoms with Crippen LogP contribution in [0.15, 0.2) is 24.3 Å². The van der Waals surface area contributed by atoms with E-state index in [1.54, 1.807) is 27.7 Å². The third kappa shape index (κ3) is 4.75. The highest BCUT2D eigenvalue weighted by Gasteiger charge is 2.67. The maximum Gasteiger partial charge on any atom is 0.328 e. The number of hydrogen-bond donors (Lipinski definition) is 0. The summed E-state index contributed by atoms with van der Waals surface area (Å²) in [5, 5.41) is 0.336. The molecule has 0 saturated carbocycles. The molecule has 2 rings (SSSR count). The summed E-state index contributed by atoms with van der Waals surface area (Å²) in [7, 11) is 1.05. The van der Waals surface area contributed by atoms with Gasteiger partial charge in [0.25, 0.3) is 11.8 Å². The van der Waals surface area contributed by atoms with Crippen molar-refractivity contribution in [2.75, 3.05) is 7.11 Å². The molecule has 0 spiro atoms. The summed E-state index contributed by atoms with van der Waals surface area (Å²) in [6, 6.07) is 5.65. The van der Waals surface area contributed by atoms with Crippen LogP contribution in [0.25, 0.3) is 0 Å². The molecule has 1 aromatic carbocycles. The van der Waals surface area contributed by atoms with Gasteiger partial charge in [-0.15, -0.1) is 5.06 Å². The van der Waals surface area contributed by atoms with Gasteiger partial charge in [0, 0.05) is 5.56 Å². The third-order valence-corrected chi connectivity index (χ3v) is 4.74. The third-order valence-electron chi connectivity index (χ3n) is 4.74. The monoisotopic (exact) mass is 463 g/mol. The van der Waals surface area contributed by atoms with Gasteiger partial charge in [-0.3, -0.25) is 28.8 Å². The smallest absolute Gasteiger partial charge is 0.328 e. The summed E-state index contributed by atoms with van der Waals surface area (Å²) in [4.78, 5) is 71.8. The van der Waals surface area contributed by atoms with Gasteiger partial charge in [0.2, 0.25) is 0 Å². The first-order valence-electron chi connectivity index (χ1n) is 10.5. The Hall–Kier alpha value is -3.27. The number of ether oxygens (including phenoxy) is 3. The van der Waals surface area contributed by atoms with Crippen molar-refractivity contribution < 1.29 is 43.0 Å². The lowest BCUT2D eigenvalue weighted by Gasteiger charge is -2.41. The van der Waals surface area contributed by atoms with Crippen LogP contribution in [0, 0.1) is 5.92 Å². The van der Waals surface area contributed by atoms with Gasteiger partial charge in [-0.25, -0.2) is 0 Å². The van der Waals surface area contributed by atoms with Gasteiger partial charge in [-0.2, -0.15) is 0 Å². The first-order valence-corrected chi connectivity index (χ1v) is 10.5. The summed E-state index contributed by atoms with van der Waals surface area (Å²) < 4.78 is 15.9. The number of carbonyl (C=O) groups is 5. The van der Waals surface area contributed by atoms with E-state index in [-0.39, 0.29) is 11.1 Å². The van der Waals surface area contributed by atoms with E-state index in [1.807, 2.05) is 0 Å². The van der Waals surface area contributed by atoms with Crippen LogP contribution < -0.4 is 0 Å². The number of fused-ring (bicyclic) bond motifs is 1. The van der Waals surface area contributed by atoms with Crippen LogP contribution in [-0.4, -0.2) is 60.2 Å². The molecule has 1 atom stereocenters. The largest absolute Gasteiger partial charge is 0.462 e. The van der Waals surface area contributed by atoms with Crippen LogP contribution in [-0.2, 0) is 43.6 Å². The van der Waals surface area contributed by atoms with Crippen LogP contribution in [0.2, 0.25) is 0 Å². The molecule has 0 radical (unpaired) electrons. The molecule has 1 aliphatic rings. The van der Waals surface area contributed by atoms with E-state index < -0.39 is 59.4 Å². The fraction of sp³-hybridized carbons (Fsp3) is 0.522. The molecule has 0 aromatic heterocycles. The molecule has 180 valence electrons. The molecule has 1 heterocycles. The molecule has 10 nitrogen and oxygen atoms in total. The van der Waals surface area contributed by atoms with Gasteiger partial charge in [0.05, 0.1) is 25.4 Å². The first-order chi connectivity index (χ1) is 15.4. The lowest BCUT2D eigenvalue weighted by molar-refractivity contribution is -0.193. The van der Waals surface area contributed by atoms with Gasteiger partial charge in [-0.05, 0) is 53.2 Å². The minimum atomic E-state index is -2.62. The Bertz CT molecular complexity index is 931. The quantitative estimate of drug-likeness (QED) is 0.246. The zero-order chi connectivity index (χ0) is 25.1. The normalized spacial score (nSPS) is 18.1. The number of hydrogen-bond acceptors (Lipinski definition) is 9. The predicted octanol–water partition coefficient (Wildman–Crippen LogP) is 1.94. The molecule has 0 aliphatic carbocycles. The number of imide groups is 1. The molecule has 0 fully saturated rings. The lowest BCUT2D eigenvalue weighted by atomic mass is 9.65. The molecular weight excluding hydrogens is 434 g/mol. The second kappa shape index (κ2) is 10.1. The average molecular weight is 463 g/mol. The minimum absolute atomic E-state index is 0.112. The van der Waals surface area contributed by atoms with Crippen LogP contribution in [0.4, 0.5) is 0 Å². The van der Waals surface area contributed by atoms with Crippen molar-refractivity contribution in [1.82, 2.24) is 5.06 Å². The molecule has 2 amide bonds. The van der Waals surface area contributed by atoms with Crippen molar-refractivity contribution in [3.05, 3.63) is 35.4 Å². The second-order valence-electron chi connectivity index (χ2n) is 8.30. The first kappa shape index (κ1) is 26.0. The fourth-order valence-corrected chi connectivity index (χ4v) is 3.61. The molecule has 10 heteroatoms. The van der Waals surface area contributed by atoms with Crippen molar-refractivity contribution in [2.45, 2.75) is 65.3 Å². The van der Waals surface area contributed by atoms with Crippen molar-refractivity contribution in [1.29, 1.82) is 0 Å². The predicted molar refractivity (Wildman–Crippen MR) is 113 cm³/mol. The maximum atomic E-state index is 13.8. The maximum absolute atomic E-state index is 13.8. The van der Waals surface area contributed by atoms with E-state index in [9.17, 15) is 24.0 Å². The van der Waals surface area contributed by atoms with E-state index >= 15 is 0 Å². The van der Waals surface area contributed by atoms with Gasteiger partial charge >= 0.3 is 17.9 Å². The van der Waals surface area contributed by atoms with Crippen LogP contribution in [0.1, 0.15) is 57.5 Å². The summed E-state index contributed by atoms with van der Waals surface area (Å²) >= 11 is 0. The highest BCUT2D eigenvalue weighted by molar-refractivity contribution is 6.25. The summed E-state index contributed by atoms with van der Waals surface area (Å²) in [5.74, 6) is -7.79. The summed E-state index contributed by atoms with van der Waals surface area (Å²) in [6.07, 6.45) is -2.08. The number of nitrogens with zero attached hydrogens (tertiary/aromatic N) is 1. The zero-order valence-electron chi connectivity index (χ0n) is 19.7. The van der Waals surface area contributed by atoms with Gasteiger partial charge in [-0.1, -0.05) is 18.2 Å². The topological polar surface area (TPSA) is 126 Å². The standard InChI is InChI=1S/C23H29NO9/c1-12(2)31-19(26)17(20(27)32-13(3)4)23(22(29)33-14(5)6)16-11-9-8-10-15(16)18(25)24(30-7)21(23)28/h8-14,17H,1-7H3. The Morgan fingerprint density at radius 3 is 1.76 bits per heavy atom. The molecule has 33 heavy (non-hydrogen) atoms. The van der Waals surface area contributed by atoms with Crippen LogP contribution >= 0.6 is 0 Å². The van der Waals surface area contributed by atoms with E-state index in [0.717, 1.165) is 7.11 Å². The molecule has 1 aliphatic heterocycles. The Morgan fingerprint density at radius 1 is 0.818 bits per heavy atom. The Balaban J connectivity index is 2.97. The molecule has 0 bridgehead atoms. The number of hydroxylamine groups is 2. The molecule has 1 aromatic rings. The van der Waals surface area contributed by atoms with E-state index in [2.05, 4.69) is 0 Å². The van der Waals surface area contributed by atoms with Crippen molar-refractivity contribution in [3.8, 4) is 0 Å². The van der Waals surface area contributed by atoms with E-state index in [0.29, 0.717) is 5.06 Å². The van der Waals surface area contributed by atoms with Crippen molar-refractivity contribution in [2.24, 2.45) is 5.92 Å². The Labute approximate surface area is 192 Å². The fourth-order valence-electron chi connectivity index (χ4n) is 3.61. The SMILES string of the molecule is CON1C(=O)c2ccccc2C(C(=O)OC(C)C)(C(C(=O)OC(C)C)C(=O)OC(C)C)C1=O. The Morgan fingerprint density at radius 2 is 1.30 bits per heavy atom. The molecule has 0 saturated heterocycles. The van der Waals surface area contributed by atoms with Crippen molar-refractivity contribution >= 4 is 29.7 Å². The highest BCUT2D eigenvalue weighted by atomic mass is 16.7. The molecule has 1 unspecified atom stereocenters. The number of carbonyl (C=O) groups excluding carboxylic acids is 5. The van der Waals surface area contributed by atoms with E-state index in [1.165, 1.54) is 38.1 Å². The number of esters is 3. The number of amides is 2. The van der Waals surface area contributed by atoms with Crippen molar-refractivity contribution in [3.63, 3.8) is 0 Å². The average Bonchev–Trinajstić information content (AvgIpc) is 2.69. The van der Waals surface area contributed by atoms with Gasteiger partial charge < -0.3 is 14.2 Å². The van der Waals surface area contributed by atoms with Gasteiger partial charge in [0.15, 0.2) is 11.3 Å². The molecule has 0 N–H and O–H groups in total. The highest BCUT2D eigenvalue weighted by Crippen LogP contribution is 2.44. The second-order valence-corrected chi connectivity index (χ2v) is 8.30. The number of benzene rings is 1. The minimum Gasteiger partial charge on any atom is -0.462 e. The van der Waals surface area contributed by atoms with Gasteiger partial charge in [0.1, 0.15) is 0 Å². The van der Waals surface area contributed by atoms with Crippen LogP contribution in [0.5, 0.6) is 0 Å². The lowest BCUT2D eigenvalue weighted by Crippen LogP contribution is -2.65. The number of rotatable bonds is 8. The van der Waals surface area contributed by atoms with Crippen LogP contribution in [0.3, 0.4) is 0 Å². The Kier molecular flexibility index (Phi) is 7.97.